The molecule has 5 rings (SSSR count). The molecule has 1 amide bonds. The second-order valence-corrected chi connectivity index (χ2v) is 9.54. The number of fused-ring (bicyclic) bond motifs is 1. The zero-order valence-electron chi connectivity index (χ0n) is 21.2. The van der Waals surface area contributed by atoms with E-state index in [0.29, 0.717) is 30.7 Å². The number of amides is 1. The van der Waals surface area contributed by atoms with Crippen molar-refractivity contribution in [3.05, 3.63) is 131 Å². The molecular formula is C31H31N5O. The van der Waals surface area contributed by atoms with Gasteiger partial charge in [-0.15, -0.1) is 0 Å². The molecule has 2 heterocycles. The molecule has 0 bridgehead atoms. The number of benzene rings is 3. The zero-order valence-corrected chi connectivity index (χ0v) is 21.2. The minimum Gasteiger partial charge on any atom is -0.350 e. The van der Waals surface area contributed by atoms with Crippen LogP contribution in [0.3, 0.4) is 0 Å². The normalized spacial score (nSPS) is 11.9. The molecular weight excluding hydrogens is 458 g/mol. The van der Waals surface area contributed by atoms with Crippen LogP contribution in [0, 0.1) is 19.3 Å². The van der Waals surface area contributed by atoms with Crippen LogP contribution in [0.4, 0.5) is 0 Å². The standard InChI is InChI=1S/C31H31N5O/c1-22-7-11-24(12-8-22)19-27(20-34-30(37)26-15-17-33-18-16-26)36-29-6-4-3-5-28(29)35(31(36)32)21-25-13-9-23(2)10-14-25/h3-18,27,32H,19-21H2,1-2H3,(H,34,37)/t27-/m0/s1. The van der Waals surface area contributed by atoms with Crippen molar-refractivity contribution in [1.29, 1.82) is 5.41 Å². The van der Waals surface area contributed by atoms with Gasteiger partial charge in [-0.2, -0.15) is 0 Å². The molecule has 6 heteroatoms. The van der Waals surface area contributed by atoms with Gasteiger partial charge >= 0.3 is 0 Å². The van der Waals surface area contributed by atoms with Gasteiger partial charge in [-0.25, -0.2) is 0 Å². The molecule has 37 heavy (non-hydrogen) atoms. The first-order chi connectivity index (χ1) is 18.0. The Hall–Kier alpha value is -4.45. The molecule has 2 N–H and O–H groups in total. The number of para-hydroxylation sites is 2. The molecule has 3 aromatic carbocycles. The molecule has 0 aliphatic heterocycles. The van der Waals surface area contributed by atoms with Crippen LogP contribution in [0.2, 0.25) is 0 Å². The van der Waals surface area contributed by atoms with E-state index in [9.17, 15) is 10.2 Å². The highest BCUT2D eigenvalue weighted by molar-refractivity contribution is 5.94. The molecule has 5 aromatic rings. The van der Waals surface area contributed by atoms with Gasteiger partial charge in [-0.05, 0) is 55.7 Å². The number of aromatic nitrogens is 3. The van der Waals surface area contributed by atoms with E-state index in [4.69, 9.17) is 0 Å². The minimum atomic E-state index is -0.148. The Morgan fingerprint density at radius 3 is 2.08 bits per heavy atom. The summed E-state index contributed by atoms with van der Waals surface area (Å²) in [6.07, 6.45) is 3.92. The Balaban J connectivity index is 1.54. The molecule has 1 atom stereocenters. The molecule has 0 unspecified atom stereocenters. The Labute approximate surface area is 216 Å². The molecule has 2 aromatic heterocycles. The number of hydrogen-bond acceptors (Lipinski definition) is 3. The summed E-state index contributed by atoms with van der Waals surface area (Å²) in [6.45, 7) is 5.15. The molecule has 6 nitrogen and oxygen atoms in total. The van der Waals surface area contributed by atoms with E-state index in [0.717, 1.165) is 22.2 Å². The number of imidazole rings is 1. The van der Waals surface area contributed by atoms with E-state index in [2.05, 4.69) is 89.4 Å². The summed E-state index contributed by atoms with van der Waals surface area (Å²) in [5.41, 5.74) is 7.70. The Kier molecular flexibility index (Phi) is 6.99. The summed E-state index contributed by atoms with van der Waals surface area (Å²) in [5, 5.41) is 12.4. The van der Waals surface area contributed by atoms with Crippen molar-refractivity contribution in [2.45, 2.75) is 32.9 Å². The fourth-order valence-corrected chi connectivity index (χ4v) is 4.73. The summed E-state index contributed by atoms with van der Waals surface area (Å²) in [7, 11) is 0. The maximum absolute atomic E-state index is 12.9. The van der Waals surface area contributed by atoms with Gasteiger partial charge in [0, 0.05) is 24.5 Å². The van der Waals surface area contributed by atoms with Crippen LogP contribution < -0.4 is 10.9 Å². The van der Waals surface area contributed by atoms with Crippen LogP contribution in [0.1, 0.15) is 38.7 Å². The third-order valence-electron chi connectivity index (χ3n) is 6.78. The largest absolute Gasteiger partial charge is 0.350 e. The van der Waals surface area contributed by atoms with Gasteiger partial charge in [0.1, 0.15) is 0 Å². The first-order valence-electron chi connectivity index (χ1n) is 12.5. The summed E-state index contributed by atoms with van der Waals surface area (Å²) >= 11 is 0. The van der Waals surface area contributed by atoms with E-state index in [1.807, 2.05) is 16.7 Å². The van der Waals surface area contributed by atoms with Gasteiger partial charge < -0.3 is 14.5 Å². The lowest BCUT2D eigenvalue weighted by atomic mass is 10.0. The van der Waals surface area contributed by atoms with Gasteiger partial charge in [0.15, 0.2) is 0 Å². The quantitative estimate of drug-likeness (QED) is 0.315. The van der Waals surface area contributed by atoms with Crippen molar-refractivity contribution in [2.75, 3.05) is 6.54 Å². The Morgan fingerprint density at radius 2 is 1.43 bits per heavy atom. The summed E-state index contributed by atoms with van der Waals surface area (Å²) in [5.74, 6) is -0.146. The van der Waals surface area contributed by atoms with Crippen molar-refractivity contribution < 1.29 is 4.79 Å². The topological polar surface area (TPSA) is 75.7 Å². The predicted octanol–water partition coefficient (Wildman–Crippen LogP) is 5.20. The van der Waals surface area contributed by atoms with E-state index in [1.54, 1.807) is 24.5 Å². The zero-order chi connectivity index (χ0) is 25.8. The molecule has 186 valence electrons. The third kappa shape index (κ3) is 5.38. The van der Waals surface area contributed by atoms with Crippen molar-refractivity contribution in [3.63, 3.8) is 0 Å². The molecule has 0 aliphatic carbocycles. The van der Waals surface area contributed by atoms with Crippen LogP contribution in [0.5, 0.6) is 0 Å². The summed E-state index contributed by atoms with van der Waals surface area (Å²) in [4.78, 5) is 16.9. The maximum Gasteiger partial charge on any atom is 0.251 e. The second-order valence-electron chi connectivity index (χ2n) is 9.54. The monoisotopic (exact) mass is 489 g/mol. The molecule has 0 radical (unpaired) electrons. The fraction of sp³-hybridized carbons (Fsp3) is 0.194. The van der Waals surface area contributed by atoms with Gasteiger partial charge in [-0.1, -0.05) is 71.8 Å². The lowest BCUT2D eigenvalue weighted by Crippen LogP contribution is -2.37. The number of carbonyl (C=O) groups is 1. The van der Waals surface area contributed by atoms with Crippen LogP contribution in [0.15, 0.2) is 97.3 Å². The number of pyridine rings is 1. The van der Waals surface area contributed by atoms with E-state index < -0.39 is 0 Å². The van der Waals surface area contributed by atoms with Crippen LogP contribution in [-0.4, -0.2) is 26.6 Å². The molecule has 0 spiro atoms. The number of carbonyl (C=O) groups excluding carboxylic acids is 1. The summed E-state index contributed by atoms with van der Waals surface area (Å²) in [6, 6.07) is 28.3. The van der Waals surface area contributed by atoms with Crippen molar-refractivity contribution in [1.82, 2.24) is 19.4 Å². The Morgan fingerprint density at radius 1 is 0.838 bits per heavy atom. The maximum atomic E-state index is 12.9. The van der Waals surface area contributed by atoms with Crippen molar-refractivity contribution in [2.24, 2.45) is 0 Å². The highest BCUT2D eigenvalue weighted by Crippen LogP contribution is 2.22. The van der Waals surface area contributed by atoms with Gasteiger partial charge in [-0.3, -0.25) is 15.2 Å². The lowest BCUT2D eigenvalue weighted by Gasteiger charge is -2.21. The fourth-order valence-electron chi connectivity index (χ4n) is 4.73. The smallest absolute Gasteiger partial charge is 0.251 e. The third-order valence-corrected chi connectivity index (χ3v) is 6.78. The highest BCUT2D eigenvalue weighted by Gasteiger charge is 2.21. The summed E-state index contributed by atoms with van der Waals surface area (Å²) < 4.78 is 4.11. The van der Waals surface area contributed by atoms with Crippen LogP contribution in [0.25, 0.3) is 11.0 Å². The number of nitrogens with zero attached hydrogens (tertiary/aromatic N) is 3. The van der Waals surface area contributed by atoms with Crippen LogP contribution in [-0.2, 0) is 13.0 Å². The molecule has 0 fully saturated rings. The van der Waals surface area contributed by atoms with E-state index in [1.165, 1.54) is 11.1 Å². The van der Waals surface area contributed by atoms with Crippen molar-refractivity contribution >= 4 is 16.9 Å². The number of rotatable bonds is 8. The van der Waals surface area contributed by atoms with Gasteiger partial charge in [0.2, 0.25) is 5.62 Å². The molecule has 0 saturated carbocycles. The predicted molar refractivity (Wildman–Crippen MR) is 147 cm³/mol. The SMILES string of the molecule is Cc1ccc(C[C@@H](CNC(=O)c2ccncc2)n2c(=N)n(Cc3ccc(C)cc3)c3ccccc32)cc1. The van der Waals surface area contributed by atoms with Gasteiger partial charge in [0.05, 0.1) is 23.6 Å². The average molecular weight is 490 g/mol. The molecule has 0 saturated heterocycles. The van der Waals surface area contributed by atoms with Crippen molar-refractivity contribution in [3.8, 4) is 0 Å². The van der Waals surface area contributed by atoms with E-state index >= 15 is 0 Å². The van der Waals surface area contributed by atoms with Crippen LogP contribution >= 0.6 is 0 Å². The number of nitrogens with one attached hydrogen (secondary N) is 2. The minimum absolute atomic E-state index is 0.146. The first-order valence-corrected chi connectivity index (χ1v) is 12.5. The van der Waals surface area contributed by atoms with Gasteiger partial charge in [0.25, 0.3) is 5.91 Å². The number of aryl methyl sites for hydroxylation is 2. The second kappa shape index (κ2) is 10.7. The average Bonchev–Trinajstić information content (AvgIpc) is 3.20. The molecule has 0 aliphatic rings. The van der Waals surface area contributed by atoms with E-state index in [-0.39, 0.29) is 11.9 Å². The Bertz CT molecular complexity index is 1560. The lowest BCUT2D eigenvalue weighted by molar-refractivity contribution is 0.0947. The highest BCUT2D eigenvalue weighted by atomic mass is 16.1. The number of hydrogen-bond donors (Lipinski definition) is 2. The first kappa shape index (κ1) is 24.3.